The van der Waals surface area contributed by atoms with Crippen LogP contribution < -0.4 is 4.72 Å². The van der Waals surface area contributed by atoms with Gasteiger partial charge in [0.2, 0.25) is 10.0 Å². The van der Waals surface area contributed by atoms with Gasteiger partial charge >= 0.3 is 0 Å². The first-order chi connectivity index (χ1) is 9.53. The molecule has 2 heterocycles. The third-order valence-corrected chi connectivity index (χ3v) is 6.99. The second-order valence-electron chi connectivity index (χ2n) is 4.29. The lowest BCUT2D eigenvalue weighted by atomic mass is 10.2. The van der Waals surface area contributed by atoms with Gasteiger partial charge in [-0.3, -0.25) is 0 Å². The van der Waals surface area contributed by atoms with Crippen molar-refractivity contribution in [2.75, 3.05) is 6.54 Å². The number of nitrogens with one attached hydrogen (secondary N) is 1. The summed E-state index contributed by atoms with van der Waals surface area (Å²) in [5, 5.41) is 11.8. The fourth-order valence-corrected chi connectivity index (χ4v) is 4.85. The molecular formula is C13H17NO3S3. The van der Waals surface area contributed by atoms with Crippen molar-refractivity contribution in [2.24, 2.45) is 0 Å². The normalized spacial score (nSPS) is 13.5. The van der Waals surface area contributed by atoms with E-state index in [-0.39, 0.29) is 6.54 Å². The molecule has 20 heavy (non-hydrogen) atoms. The van der Waals surface area contributed by atoms with Gasteiger partial charge in [0.15, 0.2) is 0 Å². The number of aliphatic hydroxyl groups is 1. The van der Waals surface area contributed by atoms with Gasteiger partial charge in [-0.15, -0.1) is 22.7 Å². The lowest BCUT2D eigenvalue weighted by Gasteiger charge is -2.09. The van der Waals surface area contributed by atoms with Crippen molar-refractivity contribution >= 4 is 32.7 Å². The summed E-state index contributed by atoms with van der Waals surface area (Å²) in [5.41, 5.74) is 0. The van der Waals surface area contributed by atoms with Crippen LogP contribution in [0.4, 0.5) is 0 Å². The van der Waals surface area contributed by atoms with E-state index in [0.29, 0.717) is 10.6 Å². The fourth-order valence-electron chi connectivity index (χ4n) is 1.72. The predicted octanol–water partition coefficient (Wildman–Crippen LogP) is 2.77. The Bertz CT molecular complexity index is 632. The zero-order chi connectivity index (χ0) is 14.6. The first-order valence-electron chi connectivity index (χ1n) is 6.33. The molecule has 2 N–H and O–H groups in total. The van der Waals surface area contributed by atoms with E-state index >= 15 is 0 Å². The van der Waals surface area contributed by atoms with E-state index in [1.165, 1.54) is 22.7 Å². The molecule has 0 aliphatic heterocycles. The highest BCUT2D eigenvalue weighted by Crippen LogP contribution is 2.23. The minimum Gasteiger partial charge on any atom is -0.388 e. The van der Waals surface area contributed by atoms with Crippen molar-refractivity contribution in [1.29, 1.82) is 0 Å². The maximum atomic E-state index is 12.0. The van der Waals surface area contributed by atoms with E-state index in [0.717, 1.165) is 16.2 Å². The molecule has 0 saturated heterocycles. The summed E-state index contributed by atoms with van der Waals surface area (Å²) in [6.07, 6.45) is 0.579. The number of rotatable bonds is 7. The average molecular weight is 331 g/mol. The number of hydrogen-bond donors (Lipinski definition) is 2. The average Bonchev–Trinajstić information content (AvgIpc) is 3.10. The molecule has 1 atom stereocenters. The van der Waals surface area contributed by atoms with Crippen molar-refractivity contribution in [3.63, 3.8) is 0 Å². The minimum absolute atomic E-state index is 0.223. The quantitative estimate of drug-likeness (QED) is 0.820. The molecule has 0 aliphatic rings. The maximum absolute atomic E-state index is 12.0. The van der Waals surface area contributed by atoms with Gasteiger partial charge in [0.1, 0.15) is 4.21 Å². The molecule has 0 aliphatic carbocycles. The molecule has 110 valence electrons. The van der Waals surface area contributed by atoms with E-state index in [2.05, 4.69) is 4.72 Å². The van der Waals surface area contributed by atoms with Crippen LogP contribution in [0.2, 0.25) is 0 Å². The van der Waals surface area contributed by atoms with Gasteiger partial charge in [-0.1, -0.05) is 13.0 Å². The molecule has 0 bridgehead atoms. The largest absolute Gasteiger partial charge is 0.388 e. The van der Waals surface area contributed by atoms with Crippen LogP contribution in [-0.4, -0.2) is 20.1 Å². The molecule has 0 saturated carbocycles. The van der Waals surface area contributed by atoms with Crippen LogP contribution in [0.15, 0.2) is 33.9 Å². The third kappa shape index (κ3) is 3.89. The summed E-state index contributed by atoms with van der Waals surface area (Å²) < 4.78 is 27.0. The summed E-state index contributed by atoms with van der Waals surface area (Å²) in [6.45, 7) is 2.22. The highest BCUT2D eigenvalue weighted by molar-refractivity contribution is 7.91. The Morgan fingerprint density at radius 1 is 1.35 bits per heavy atom. The van der Waals surface area contributed by atoms with Gasteiger partial charge in [0.05, 0.1) is 6.10 Å². The van der Waals surface area contributed by atoms with Crippen LogP contribution in [0.1, 0.15) is 29.2 Å². The molecule has 2 rings (SSSR count). The molecule has 2 aromatic heterocycles. The van der Waals surface area contributed by atoms with Gasteiger partial charge in [0.25, 0.3) is 0 Å². The molecule has 7 heteroatoms. The van der Waals surface area contributed by atoms with Gasteiger partial charge < -0.3 is 5.11 Å². The van der Waals surface area contributed by atoms with Crippen molar-refractivity contribution in [3.05, 3.63) is 39.4 Å². The lowest BCUT2D eigenvalue weighted by molar-refractivity contribution is 0.173. The zero-order valence-electron chi connectivity index (χ0n) is 11.1. The van der Waals surface area contributed by atoms with Crippen molar-refractivity contribution in [1.82, 2.24) is 4.72 Å². The second kappa shape index (κ2) is 6.82. The van der Waals surface area contributed by atoms with Crippen LogP contribution in [0.25, 0.3) is 0 Å². The predicted molar refractivity (Wildman–Crippen MR) is 82.8 cm³/mol. The summed E-state index contributed by atoms with van der Waals surface area (Å²) in [4.78, 5) is 1.90. The molecule has 0 fully saturated rings. The molecular weight excluding hydrogens is 314 g/mol. The lowest BCUT2D eigenvalue weighted by Crippen LogP contribution is -2.25. The number of hydrogen-bond acceptors (Lipinski definition) is 5. The number of aryl methyl sites for hydroxylation is 1. The molecule has 0 spiro atoms. The zero-order valence-corrected chi connectivity index (χ0v) is 13.5. The Morgan fingerprint density at radius 3 is 2.75 bits per heavy atom. The monoisotopic (exact) mass is 331 g/mol. The Hall–Kier alpha value is -0.730. The Labute approximate surface area is 127 Å². The van der Waals surface area contributed by atoms with Crippen LogP contribution in [0.5, 0.6) is 0 Å². The number of sulfonamides is 1. The fraction of sp³-hybridized carbons (Fsp3) is 0.385. The summed E-state index contributed by atoms with van der Waals surface area (Å²) in [6, 6.07) is 7.17. The van der Waals surface area contributed by atoms with Crippen LogP contribution in [-0.2, 0) is 16.4 Å². The molecule has 0 aromatic carbocycles. The highest BCUT2D eigenvalue weighted by atomic mass is 32.2. The van der Waals surface area contributed by atoms with Crippen LogP contribution >= 0.6 is 22.7 Å². The first kappa shape index (κ1) is 15.7. The Balaban J connectivity index is 1.89. The maximum Gasteiger partial charge on any atom is 0.250 e. The second-order valence-corrected chi connectivity index (χ2v) is 8.43. The van der Waals surface area contributed by atoms with Crippen molar-refractivity contribution in [3.8, 4) is 0 Å². The van der Waals surface area contributed by atoms with Gasteiger partial charge in [-0.05, 0) is 36.4 Å². The van der Waals surface area contributed by atoms with Crippen LogP contribution in [0, 0.1) is 0 Å². The first-order valence-corrected chi connectivity index (χ1v) is 9.50. The highest BCUT2D eigenvalue weighted by Gasteiger charge is 2.17. The molecule has 0 amide bonds. The molecule has 2 aromatic rings. The summed E-state index contributed by atoms with van der Waals surface area (Å²) in [5.74, 6) is 0. The number of aliphatic hydroxyl groups excluding tert-OH is 1. The van der Waals surface area contributed by atoms with Crippen molar-refractivity contribution < 1.29 is 13.5 Å². The van der Waals surface area contributed by atoms with E-state index in [1.807, 2.05) is 30.5 Å². The van der Waals surface area contributed by atoms with Crippen molar-refractivity contribution in [2.45, 2.75) is 30.1 Å². The minimum atomic E-state index is -3.45. The third-order valence-electron chi connectivity index (χ3n) is 2.83. The molecule has 4 nitrogen and oxygen atoms in total. The van der Waals surface area contributed by atoms with E-state index in [9.17, 15) is 13.5 Å². The van der Waals surface area contributed by atoms with Gasteiger partial charge in [-0.25, -0.2) is 13.1 Å². The molecule has 0 radical (unpaired) electrons. The number of thiophene rings is 2. The van der Waals surface area contributed by atoms with E-state index < -0.39 is 16.1 Å². The van der Waals surface area contributed by atoms with Gasteiger partial charge in [0, 0.05) is 16.3 Å². The Kier molecular flexibility index (Phi) is 5.34. The smallest absolute Gasteiger partial charge is 0.250 e. The standard InChI is InChI=1S/C13H17NO3S3/c1-2-10-5-6-13(19-10)20(16,17)14-8-7-11(15)12-4-3-9-18-12/h3-6,9,11,14-15H,2,7-8H2,1H3. The van der Waals surface area contributed by atoms with E-state index in [4.69, 9.17) is 0 Å². The SMILES string of the molecule is CCc1ccc(S(=O)(=O)NCCC(O)c2cccs2)s1. The summed E-state index contributed by atoms with van der Waals surface area (Å²) in [7, 11) is -3.45. The van der Waals surface area contributed by atoms with Crippen LogP contribution in [0.3, 0.4) is 0 Å². The topological polar surface area (TPSA) is 66.4 Å². The Morgan fingerprint density at radius 2 is 2.15 bits per heavy atom. The van der Waals surface area contributed by atoms with Gasteiger partial charge in [-0.2, -0.15) is 0 Å². The molecule has 1 unspecified atom stereocenters. The summed E-state index contributed by atoms with van der Waals surface area (Å²) >= 11 is 2.75. The van der Waals surface area contributed by atoms with E-state index in [1.54, 1.807) is 6.07 Å².